The average molecular weight is 418 g/mol. The number of hydrogen-bond acceptors (Lipinski definition) is 5. The van der Waals surface area contributed by atoms with Crippen LogP contribution in [-0.2, 0) is 16.0 Å². The van der Waals surface area contributed by atoms with Crippen molar-refractivity contribution in [2.24, 2.45) is 5.92 Å². The number of aromatic nitrogens is 1. The van der Waals surface area contributed by atoms with Crippen LogP contribution < -0.4 is 5.32 Å². The van der Waals surface area contributed by atoms with Gasteiger partial charge in [-0.3, -0.25) is 9.59 Å². The summed E-state index contributed by atoms with van der Waals surface area (Å²) in [7, 11) is 0. The molecule has 0 bridgehead atoms. The maximum Gasteiger partial charge on any atom is 0.246 e. The van der Waals surface area contributed by atoms with Gasteiger partial charge in [0.25, 0.3) is 0 Å². The van der Waals surface area contributed by atoms with Crippen molar-refractivity contribution >= 4 is 40.6 Å². The van der Waals surface area contributed by atoms with Gasteiger partial charge in [0, 0.05) is 54.2 Å². The van der Waals surface area contributed by atoms with Gasteiger partial charge in [-0.2, -0.15) is 0 Å². The summed E-state index contributed by atoms with van der Waals surface area (Å²) in [4.78, 5) is 32.0. The summed E-state index contributed by atoms with van der Waals surface area (Å²) in [6, 6.07) is 3.99. The number of piperidine rings is 1. The van der Waals surface area contributed by atoms with E-state index in [2.05, 4.69) is 10.7 Å². The quantitative estimate of drug-likeness (QED) is 0.694. The summed E-state index contributed by atoms with van der Waals surface area (Å²) in [6.07, 6.45) is 6.38. The lowest BCUT2D eigenvalue weighted by Gasteiger charge is -2.31. The Morgan fingerprint density at radius 2 is 2.25 bits per heavy atom. The van der Waals surface area contributed by atoms with Crippen LogP contribution in [0, 0.1) is 5.92 Å². The van der Waals surface area contributed by atoms with E-state index in [9.17, 15) is 9.59 Å². The zero-order chi connectivity index (χ0) is 19.9. The van der Waals surface area contributed by atoms with Crippen molar-refractivity contribution in [1.82, 2.24) is 15.2 Å². The van der Waals surface area contributed by atoms with E-state index in [0.29, 0.717) is 12.5 Å². The molecule has 0 spiro atoms. The number of hydrogen-bond donors (Lipinski definition) is 1. The van der Waals surface area contributed by atoms with Crippen molar-refractivity contribution in [3.8, 4) is 0 Å². The van der Waals surface area contributed by atoms with E-state index < -0.39 is 0 Å². The van der Waals surface area contributed by atoms with E-state index in [1.54, 1.807) is 28.7 Å². The number of thiazole rings is 1. The molecule has 1 saturated heterocycles. The number of thiophene rings is 1. The largest absolute Gasteiger partial charge is 0.355 e. The molecule has 1 aliphatic heterocycles. The second-order valence-electron chi connectivity index (χ2n) is 7.34. The van der Waals surface area contributed by atoms with Gasteiger partial charge in [-0.25, -0.2) is 4.98 Å². The molecule has 28 heavy (non-hydrogen) atoms. The molecule has 1 unspecified atom stereocenters. The third kappa shape index (κ3) is 5.75. The smallest absolute Gasteiger partial charge is 0.246 e. The summed E-state index contributed by atoms with van der Waals surface area (Å²) in [5.74, 6) is 0.459. The van der Waals surface area contributed by atoms with Crippen LogP contribution in [0.4, 0.5) is 0 Å². The number of carbonyl (C=O) groups excluding carboxylic acids is 2. The fraction of sp³-hybridized carbons (Fsp3) is 0.476. The summed E-state index contributed by atoms with van der Waals surface area (Å²) in [5.41, 5.74) is 1.02. The standard InChI is InChI=1S/C21H27N3O2S2/c1-15(2)20(26)22-10-9-17-14-28-21(23-17)16-5-3-11-24(13-16)19(25)8-7-18-6-4-12-27-18/h4,6-8,12,14-16H,3,5,9-11,13H2,1-2H3,(H,22,26). The molecule has 150 valence electrons. The van der Waals surface area contributed by atoms with Gasteiger partial charge in [0.05, 0.1) is 10.7 Å². The van der Waals surface area contributed by atoms with E-state index in [-0.39, 0.29) is 17.7 Å². The van der Waals surface area contributed by atoms with E-state index >= 15 is 0 Å². The maximum absolute atomic E-state index is 12.5. The minimum absolute atomic E-state index is 0.00520. The second kappa shape index (κ2) is 9.98. The first-order valence-corrected chi connectivity index (χ1v) is 11.5. The molecule has 5 nitrogen and oxygen atoms in total. The number of rotatable bonds is 7. The van der Waals surface area contributed by atoms with Gasteiger partial charge >= 0.3 is 0 Å². The van der Waals surface area contributed by atoms with Crippen molar-refractivity contribution in [2.45, 2.75) is 39.0 Å². The molecule has 7 heteroatoms. The third-order valence-electron chi connectivity index (χ3n) is 4.79. The molecule has 1 atom stereocenters. The van der Waals surface area contributed by atoms with Crippen LogP contribution in [0.1, 0.15) is 48.2 Å². The molecule has 2 aromatic rings. The Balaban J connectivity index is 1.52. The maximum atomic E-state index is 12.5. The number of nitrogens with zero attached hydrogens (tertiary/aromatic N) is 2. The average Bonchev–Trinajstić information content (AvgIpc) is 3.38. The molecule has 3 rings (SSSR count). The Morgan fingerprint density at radius 3 is 3.00 bits per heavy atom. The topological polar surface area (TPSA) is 62.3 Å². The van der Waals surface area contributed by atoms with Crippen molar-refractivity contribution in [1.29, 1.82) is 0 Å². The molecular formula is C21H27N3O2S2. The number of amides is 2. The van der Waals surface area contributed by atoms with E-state index in [4.69, 9.17) is 4.98 Å². The lowest BCUT2D eigenvalue weighted by atomic mass is 9.98. The Kier molecular flexibility index (Phi) is 7.39. The fourth-order valence-corrected chi connectivity index (χ4v) is 4.77. The first-order valence-electron chi connectivity index (χ1n) is 9.75. The lowest BCUT2D eigenvalue weighted by Crippen LogP contribution is -2.38. The summed E-state index contributed by atoms with van der Waals surface area (Å²) >= 11 is 3.30. The molecule has 0 radical (unpaired) electrons. The molecule has 2 amide bonds. The van der Waals surface area contributed by atoms with Crippen molar-refractivity contribution in [3.63, 3.8) is 0 Å². The van der Waals surface area contributed by atoms with Gasteiger partial charge in [-0.05, 0) is 30.4 Å². The molecule has 3 heterocycles. The summed E-state index contributed by atoms with van der Waals surface area (Å²) in [6.45, 7) is 5.93. The number of likely N-dealkylation sites (tertiary alicyclic amines) is 1. The van der Waals surface area contributed by atoms with Crippen LogP contribution in [0.15, 0.2) is 29.0 Å². The van der Waals surface area contributed by atoms with Gasteiger partial charge in [0.15, 0.2) is 0 Å². The normalized spacial score (nSPS) is 17.4. The van der Waals surface area contributed by atoms with Crippen LogP contribution in [-0.4, -0.2) is 41.3 Å². The van der Waals surface area contributed by atoms with Crippen LogP contribution >= 0.6 is 22.7 Å². The zero-order valence-corrected chi connectivity index (χ0v) is 18.0. The molecule has 0 saturated carbocycles. The fourth-order valence-electron chi connectivity index (χ4n) is 3.17. The first kappa shape index (κ1) is 20.7. The highest BCUT2D eigenvalue weighted by atomic mass is 32.1. The predicted octanol–water partition coefficient (Wildman–Crippen LogP) is 3.94. The minimum Gasteiger partial charge on any atom is -0.355 e. The molecule has 0 aliphatic carbocycles. The SMILES string of the molecule is CC(C)C(=O)NCCc1csc(C2CCCN(C(=O)C=Cc3cccs3)C2)n1. The zero-order valence-electron chi connectivity index (χ0n) is 16.4. The molecular weight excluding hydrogens is 390 g/mol. The lowest BCUT2D eigenvalue weighted by molar-refractivity contribution is -0.127. The third-order valence-corrected chi connectivity index (χ3v) is 6.68. The summed E-state index contributed by atoms with van der Waals surface area (Å²) < 4.78 is 0. The Bertz CT molecular complexity index is 811. The van der Waals surface area contributed by atoms with Gasteiger partial charge in [-0.15, -0.1) is 22.7 Å². The Morgan fingerprint density at radius 1 is 1.39 bits per heavy atom. The van der Waals surface area contributed by atoms with Crippen molar-refractivity contribution < 1.29 is 9.59 Å². The highest BCUT2D eigenvalue weighted by Gasteiger charge is 2.25. The molecule has 0 aromatic carbocycles. The molecule has 1 N–H and O–H groups in total. The molecule has 1 aliphatic rings. The number of nitrogens with one attached hydrogen (secondary N) is 1. The van der Waals surface area contributed by atoms with Gasteiger partial charge in [-0.1, -0.05) is 19.9 Å². The van der Waals surface area contributed by atoms with Gasteiger partial charge in [0.1, 0.15) is 0 Å². The number of carbonyl (C=O) groups is 2. The van der Waals surface area contributed by atoms with Crippen molar-refractivity contribution in [3.05, 3.63) is 44.5 Å². The highest BCUT2D eigenvalue weighted by Crippen LogP contribution is 2.29. The first-order chi connectivity index (χ1) is 13.5. The summed E-state index contributed by atoms with van der Waals surface area (Å²) in [5, 5.41) is 8.12. The monoisotopic (exact) mass is 417 g/mol. The van der Waals surface area contributed by atoms with E-state index in [1.165, 1.54) is 0 Å². The Hall–Kier alpha value is -1.99. The predicted molar refractivity (Wildman–Crippen MR) is 116 cm³/mol. The van der Waals surface area contributed by atoms with E-state index in [0.717, 1.165) is 47.9 Å². The van der Waals surface area contributed by atoms with Crippen molar-refractivity contribution in [2.75, 3.05) is 19.6 Å². The van der Waals surface area contributed by atoms with Crippen LogP contribution in [0.3, 0.4) is 0 Å². The van der Waals surface area contributed by atoms with E-state index in [1.807, 2.05) is 42.3 Å². The van der Waals surface area contributed by atoms with Crippen LogP contribution in [0.2, 0.25) is 0 Å². The molecule has 2 aromatic heterocycles. The molecule has 1 fully saturated rings. The van der Waals surface area contributed by atoms with Gasteiger partial charge < -0.3 is 10.2 Å². The van der Waals surface area contributed by atoms with Gasteiger partial charge in [0.2, 0.25) is 11.8 Å². The highest BCUT2D eigenvalue weighted by molar-refractivity contribution is 7.10. The Labute approximate surface area is 174 Å². The van der Waals surface area contributed by atoms with Crippen LogP contribution in [0.5, 0.6) is 0 Å². The minimum atomic E-state index is 0.00520. The van der Waals surface area contributed by atoms with Crippen LogP contribution in [0.25, 0.3) is 6.08 Å². The second-order valence-corrected chi connectivity index (χ2v) is 9.21.